The molecule has 6 rings (SSSR count). The summed E-state index contributed by atoms with van der Waals surface area (Å²) >= 11 is 0. The highest BCUT2D eigenvalue weighted by Gasteiger charge is 2.25. The summed E-state index contributed by atoms with van der Waals surface area (Å²) in [5, 5.41) is 11.6. The minimum absolute atomic E-state index is 0.111. The molecule has 6 aromatic rings. The monoisotopic (exact) mass is 515 g/mol. The van der Waals surface area contributed by atoms with E-state index in [1.807, 2.05) is 73.8 Å². The Balaban J connectivity index is 1.46. The molecule has 0 unspecified atom stereocenters. The topological polar surface area (TPSA) is 120 Å². The van der Waals surface area contributed by atoms with Crippen molar-refractivity contribution in [2.45, 2.75) is 19.9 Å². The second kappa shape index (κ2) is 9.46. The maximum Gasteiger partial charge on any atom is 0.259 e. The molecule has 1 aromatic carbocycles. The second-order valence-electron chi connectivity index (χ2n) is 9.18. The number of amides is 1. The van der Waals surface area contributed by atoms with Crippen molar-refractivity contribution in [2.75, 3.05) is 5.73 Å². The van der Waals surface area contributed by atoms with Gasteiger partial charge >= 0.3 is 0 Å². The number of rotatable bonds is 4. The van der Waals surface area contributed by atoms with E-state index in [0.29, 0.717) is 11.3 Å². The van der Waals surface area contributed by atoms with Crippen molar-refractivity contribution < 1.29 is 4.79 Å². The van der Waals surface area contributed by atoms with Crippen LogP contribution in [0.15, 0.2) is 73.2 Å². The SMILES string of the molecule is Cc1c(C#Cc2cccc3nc([C@@H](C)NC(=O)c4c(N)nn5cccnc45)c(-c4ccccc4)n23)cnn1C. The fraction of sp³-hybridized carbons (Fsp3) is 0.138. The van der Waals surface area contributed by atoms with Crippen LogP contribution in [0.2, 0.25) is 0 Å². The fourth-order valence-corrected chi connectivity index (χ4v) is 4.60. The minimum Gasteiger partial charge on any atom is -0.381 e. The zero-order valence-electron chi connectivity index (χ0n) is 21.6. The number of hydrogen-bond acceptors (Lipinski definition) is 6. The number of carbonyl (C=O) groups excluding carboxylic acids is 1. The molecule has 10 heteroatoms. The Morgan fingerprint density at radius 2 is 1.90 bits per heavy atom. The molecule has 1 atom stereocenters. The molecule has 39 heavy (non-hydrogen) atoms. The van der Waals surface area contributed by atoms with Gasteiger partial charge in [0.2, 0.25) is 0 Å². The van der Waals surface area contributed by atoms with Crippen molar-refractivity contribution in [1.29, 1.82) is 0 Å². The van der Waals surface area contributed by atoms with Gasteiger partial charge in [0, 0.05) is 25.0 Å². The number of hydrogen-bond donors (Lipinski definition) is 2. The van der Waals surface area contributed by atoms with Gasteiger partial charge in [0.05, 0.1) is 40.6 Å². The van der Waals surface area contributed by atoms with E-state index in [4.69, 9.17) is 10.7 Å². The van der Waals surface area contributed by atoms with Gasteiger partial charge in [-0.25, -0.2) is 14.5 Å². The predicted octanol–water partition coefficient (Wildman–Crippen LogP) is 3.56. The Morgan fingerprint density at radius 3 is 2.67 bits per heavy atom. The minimum atomic E-state index is -0.466. The molecular weight excluding hydrogens is 490 g/mol. The molecule has 0 fully saturated rings. The second-order valence-corrected chi connectivity index (χ2v) is 9.18. The number of nitrogens with zero attached hydrogens (tertiary/aromatic N) is 7. The molecule has 10 nitrogen and oxygen atoms in total. The highest BCUT2D eigenvalue weighted by Crippen LogP contribution is 2.31. The molecular formula is C29H25N9O. The number of fused-ring (bicyclic) bond motifs is 2. The van der Waals surface area contributed by atoms with Crippen LogP contribution in [0.25, 0.3) is 22.6 Å². The maximum absolute atomic E-state index is 13.4. The third-order valence-electron chi connectivity index (χ3n) is 6.69. The Hall–Kier alpha value is -5.43. The van der Waals surface area contributed by atoms with Crippen LogP contribution in [0.1, 0.15) is 46.0 Å². The summed E-state index contributed by atoms with van der Waals surface area (Å²) in [7, 11) is 1.89. The number of carbonyl (C=O) groups is 1. The number of imidazole rings is 1. The number of aryl methyl sites for hydroxylation is 1. The van der Waals surface area contributed by atoms with Crippen molar-refractivity contribution in [3.63, 3.8) is 0 Å². The summed E-state index contributed by atoms with van der Waals surface area (Å²) < 4.78 is 5.31. The first-order valence-corrected chi connectivity index (χ1v) is 12.4. The van der Waals surface area contributed by atoms with Gasteiger partial charge in [-0.15, -0.1) is 5.10 Å². The number of aromatic nitrogens is 7. The number of nitrogens with one attached hydrogen (secondary N) is 1. The van der Waals surface area contributed by atoms with E-state index >= 15 is 0 Å². The molecule has 0 bridgehead atoms. The lowest BCUT2D eigenvalue weighted by Gasteiger charge is -2.14. The average Bonchev–Trinajstić information content (AvgIpc) is 3.60. The highest BCUT2D eigenvalue weighted by molar-refractivity contribution is 6.04. The van der Waals surface area contributed by atoms with Crippen molar-refractivity contribution in [1.82, 2.24) is 39.1 Å². The Bertz CT molecular complexity index is 1920. The Kier molecular flexibility index (Phi) is 5.81. The molecule has 5 aromatic heterocycles. The van der Waals surface area contributed by atoms with Crippen LogP contribution in [0, 0.1) is 18.8 Å². The first-order valence-electron chi connectivity index (χ1n) is 12.4. The summed E-state index contributed by atoms with van der Waals surface area (Å²) in [4.78, 5) is 22.6. The van der Waals surface area contributed by atoms with E-state index in [0.717, 1.165) is 33.9 Å². The molecule has 0 aliphatic heterocycles. The van der Waals surface area contributed by atoms with Crippen LogP contribution in [0.4, 0.5) is 5.82 Å². The Labute approximate surface area is 224 Å². The zero-order valence-corrected chi connectivity index (χ0v) is 21.6. The fourth-order valence-electron chi connectivity index (χ4n) is 4.60. The number of benzene rings is 1. The van der Waals surface area contributed by atoms with Gasteiger partial charge in [0.15, 0.2) is 11.5 Å². The number of pyridine rings is 1. The van der Waals surface area contributed by atoms with E-state index in [1.165, 1.54) is 4.52 Å². The molecule has 1 amide bonds. The van der Waals surface area contributed by atoms with Crippen LogP contribution in [-0.2, 0) is 7.05 Å². The normalized spacial score (nSPS) is 11.9. The third kappa shape index (κ3) is 4.16. The van der Waals surface area contributed by atoms with Gasteiger partial charge in [0.25, 0.3) is 5.91 Å². The van der Waals surface area contributed by atoms with Crippen molar-refractivity contribution in [3.05, 3.63) is 101 Å². The maximum atomic E-state index is 13.4. The molecule has 0 spiro atoms. The molecule has 0 radical (unpaired) electrons. The summed E-state index contributed by atoms with van der Waals surface area (Å²) in [6, 6.07) is 17.0. The zero-order chi connectivity index (χ0) is 27.1. The van der Waals surface area contributed by atoms with Crippen molar-refractivity contribution >= 4 is 23.0 Å². The molecule has 192 valence electrons. The van der Waals surface area contributed by atoms with Gasteiger partial charge < -0.3 is 11.1 Å². The lowest BCUT2D eigenvalue weighted by atomic mass is 10.1. The quantitative estimate of drug-likeness (QED) is 0.347. The first kappa shape index (κ1) is 23.9. The lowest BCUT2D eigenvalue weighted by molar-refractivity contribution is 0.0941. The smallest absolute Gasteiger partial charge is 0.259 e. The summed E-state index contributed by atoms with van der Waals surface area (Å²) in [6.07, 6.45) is 5.06. The summed E-state index contributed by atoms with van der Waals surface area (Å²) in [5.74, 6) is 6.29. The molecule has 0 aliphatic carbocycles. The van der Waals surface area contributed by atoms with Crippen LogP contribution in [0.3, 0.4) is 0 Å². The highest BCUT2D eigenvalue weighted by atomic mass is 16.1. The van der Waals surface area contributed by atoms with E-state index in [9.17, 15) is 4.79 Å². The average molecular weight is 516 g/mol. The molecule has 0 saturated carbocycles. The summed E-state index contributed by atoms with van der Waals surface area (Å²) in [6.45, 7) is 3.88. The van der Waals surface area contributed by atoms with Crippen molar-refractivity contribution in [2.24, 2.45) is 7.05 Å². The third-order valence-corrected chi connectivity index (χ3v) is 6.69. The lowest BCUT2D eigenvalue weighted by Crippen LogP contribution is -2.28. The van der Waals surface area contributed by atoms with Crippen LogP contribution in [0.5, 0.6) is 0 Å². The number of nitrogen functional groups attached to an aromatic ring is 1. The van der Waals surface area contributed by atoms with Gasteiger partial charge in [0.1, 0.15) is 11.2 Å². The van der Waals surface area contributed by atoms with Gasteiger partial charge in [-0.1, -0.05) is 42.3 Å². The summed E-state index contributed by atoms with van der Waals surface area (Å²) in [5.41, 5.74) is 12.5. The van der Waals surface area contributed by atoms with Gasteiger partial charge in [-0.3, -0.25) is 13.9 Å². The van der Waals surface area contributed by atoms with E-state index in [1.54, 1.807) is 29.3 Å². The Morgan fingerprint density at radius 1 is 1.08 bits per heavy atom. The molecule has 5 heterocycles. The van der Waals surface area contributed by atoms with Crippen LogP contribution >= 0.6 is 0 Å². The van der Waals surface area contributed by atoms with E-state index in [-0.39, 0.29) is 17.3 Å². The van der Waals surface area contributed by atoms with Crippen LogP contribution < -0.4 is 11.1 Å². The number of anilines is 1. The van der Waals surface area contributed by atoms with Gasteiger partial charge in [-0.05, 0) is 38.0 Å². The van der Waals surface area contributed by atoms with E-state index < -0.39 is 6.04 Å². The molecule has 0 saturated heterocycles. The predicted molar refractivity (Wildman–Crippen MR) is 148 cm³/mol. The largest absolute Gasteiger partial charge is 0.381 e. The van der Waals surface area contributed by atoms with E-state index in [2.05, 4.69) is 32.3 Å². The van der Waals surface area contributed by atoms with Crippen LogP contribution in [-0.4, -0.2) is 39.7 Å². The van der Waals surface area contributed by atoms with Crippen molar-refractivity contribution in [3.8, 4) is 23.1 Å². The van der Waals surface area contributed by atoms with Gasteiger partial charge in [-0.2, -0.15) is 5.10 Å². The molecule has 3 N–H and O–H groups in total. The number of nitrogens with two attached hydrogens (primary N) is 1. The molecule has 0 aliphatic rings. The standard InChI is InChI=1S/C29H25N9O/c1-18(33-29(39)24-27(30)35-37-16-8-15-31-28(24)37)25-26(20-9-5-4-6-10-20)38-22(11-7-12-23(38)34-25)14-13-21-17-32-36(3)19(21)2/h4-12,15-18H,1-3H3,(H2,30,35)(H,33,39)/t18-/m1/s1. The first-order chi connectivity index (χ1) is 18.9.